The van der Waals surface area contributed by atoms with Crippen LogP contribution in [0.15, 0.2) is 24.3 Å². The highest BCUT2D eigenvalue weighted by atomic mass is 35.5. The molecule has 1 aliphatic rings. The van der Waals surface area contributed by atoms with Gasteiger partial charge in [-0.3, -0.25) is 0 Å². The van der Waals surface area contributed by atoms with E-state index in [-0.39, 0.29) is 6.10 Å². The maximum Gasteiger partial charge on any atom is 0.0821 e. The highest BCUT2D eigenvalue weighted by Gasteiger charge is 2.41. The number of aliphatic hydroxyl groups excluding tert-OH is 1. The first-order chi connectivity index (χ1) is 6.72. The predicted molar refractivity (Wildman–Crippen MR) is 58.3 cm³/mol. The van der Waals surface area contributed by atoms with Gasteiger partial charge in [0.1, 0.15) is 0 Å². The third-order valence-corrected chi connectivity index (χ3v) is 3.33. The van der Waals surface area contributed by atoms with Crippen molar-refractivity contribution in [3.63, 3.8) is 0 Å². The standard InChI is InChI=1S/C12H15ClO/c1-2-8-7-11(8)12(14)9-4-3-5-10(13)6-9/h3-6,8,11-12,14H,2,7H2,1H3/t8-,11-,12?/m1/s1. The largest absolute Gasteiger partial charge is 0.388 e. The summed E-state index contributed by atoms with van der Waals surface area (Å²) in [6.45, 7) is 2.18. The van der Waals surface area contributed by atoms with Crippen LogP contribution < -0.4 is 0 Å². The van der Waals surface area contributed by atoms with Crippen LogP contribution in [0.25, 0.3) is 0 Å². The average Bonchev–Trinajstić information content (AvgIpc) is 2.95. The van der Waals surface area contributed by atoms with Crippen LogP contribution in [-0.2, 0) is 0 Å². The summed E-state index contributed by atoms with van der Waals surface area (Å²) in [6, 6.07) is 7.53. The Hall–Kier alpha value is -0.530. The highest BCUT2D eigenvalue weighted by Crippen LogP contribution is 2.49. The van der Waals surface area contributed by atoms with E-state index in [2.05, 4.69) is 6.92 Å². The molecule has 1 aromatic rings. The fourth-order valence-electron chi connectivity index (χ4n) is 2.06. The highest BCUT2D eigenvalue weighted by molar-refractivity contribution is 6.30. The smallest absolute Gasteiger partial charge is 0.0821 e. The number of benzene rings is 1. The zero-order valence-electron chi connectivity index (χ0n) is 8.28. The maximum absolute atomic E-state index is 10.0. The fraction of sp³-hybridized carbons (Fsp3) is 0.500. The van der Waals surface area contributed by atoms with Gasteiger partial charge in [0.25, 0.3) is 0 Å². The van der Waals surface area contributed by atoms with Crippen molar-refractivity contribution in [2.75, 3.05) is 0 Å². The Morgan fingerprint density at radius 2 is 2.36 bits per heavy atom. The van der Waals surface area contributed by atoms with Gasteiger partial charge in [-0.25, -0.2) is 0 Å². The maximum atomic E-state index is 10.0. The zero-order valence-corrected chi connectivity index (χ0v) is 9.04. The van der Waals surface area contributed by atoms with Gasteiger partial charge in [-0.2, -0.15) is 0 Å². The minimum atomic E-state index is -0.321. The fourth-order valence-corrected chi connectivity index (χ4v) is 2.26. The third-order valence-electron chi connectivity index (χ3n) is 3.10. The molecule has 0 aromatic heterocycles. The van der Waals surface area contributed by atoms with Crippen LogP contribution in [-0.4, -0.2) is 5.11 Å². The molecule has 2 rings (SSSR count). The molecule has 0 saturated heterocycles. The van der Waals surface area contributed by atoms with Crippen molar-refractivity contribution in [2.45, 2.75) is 25.9 Å². The number of hydrogen-bond donors (Lipinski definition) is 1. The monoisotopic (exact) mass is 210 g/mol. The molecule has 1 N–H and O–H groups in total. The second-order valence-corrected chi connectivity index (χ2v) is 4.50. The second-order valence-electron chi connectivity index (χ2n) is 4.07. The first kappa shape index (κ1) is 10.0. The van der Waals surface area contributed by atoms with Gasteiger partial charge >= 0.3 is 0 Å². The molecule has 0 spiro atoms. The summed E-state index contributed by atoms with van der Waals surface area (Å²) >= 11 is 5.87. The molecule has 1 nitrogen and oxygen atoms in total. The van der Waals surface area contributed by atoms with Gasteiger partial charge in [0, 0.05) is 5.02 Å². The lowest BCUT2D eigenvalue weighted by Crippen LogP contribution is -2.01. The van der Waals surface area contributed by atoms with Crippen LogP contribution in [0.5, 0.6) is 0 Å². The average molecular weight is 211 g/mol. The molecule has 1 fully saturated rings. The van der Waals surface area contributed by atoms with Gasteiger partial charge in [0.15, 0.2) is 0 Å². The third kappa shape index (κ3) is 1.94. The molecule has 0 bridgehead atoms. The predicted octanol–water partition coefficient (Wildman–Crippen LogP) is 3.42. The lowest BCUT2D eigenvalue weighted by atomic mass is 10.0. The van der Waals surface area contributed by atoms with Gasteiger partial charge in [-0.05, 0) is 36.0 Å². The van der Waals surface area contributed by atoms with Crippen molar-refractivity contribution >= 4 is 11.6 Å². The Labute approximate surface area is 89.7 Å². The van der Waals surface area contributed by atoms with Crippen LogP contribution in [0.1, 0.15) is 31.4 Å². The molecule has 2 heteroatoms. The SMILES string of the molecule is CC[C@@H]1C[C@H]1C(O)c1cccc(Cl)c1. The van der Waals surface area contributed by atoms with E-state index in [9.17, 15) is 5.11 Å². The van der Waals surface area contributed by atoms with Crippen molar-refractivity contribution in [1.29, 1.82) is 0 Å². The topological polar surface area (TPSA) is 20.2 Å². The summed E-state index contributed by atoms with van der Waals surface area (Å²) in [5.41, 5.74) is 0.957. The summed E-state index contributed by atoms with van der Waals surface area (Å²) < 4.78 is 0. The minimum absolute atomic E-state index is 0.321. The summed E-state index contributed by atoms with van der Waals surface area (Å²) in [5, 5.41) is 10.7. The molecule has 0 aliphatic heterocycles. The second kappa shape index (κ2) is 3.92. The van der Waals surface area contributed by atoms with Gasteiger partial charge in [-0.15, -0.1) is 0 Å². The molecule has 1 unspecified atom stereocenters. The first-order valence-electron chi connectivity index (χ1n) is 5.16. The van der Waals surface area contributed by atoms with Gasteiger partial charge < -0.3 is 5.11 Å². The van der Waals surface area contributed by atoms with Crippen molar-refractivity contribution < 1.29 is 5.11 Å². The molecular weight excluding hydrogens is 196 g/mol. The van der Waals surface area contributed by atoms with Crippen molar-refractivity contribution in [3.05, 3.63) is 34.9 Å². The van der Waals surface area contributed by atoms with E-state index in [0.29, 0.717) is 16.9 Å². The van der Waals surface area contributed by atoms with E-state index < -0.39 is 0 Å². The van der Waals surface area contributed by atoms with Gasteiger partial charge in [-0.1, -0.05) is 37.1 Å². The number of aliphatic hydroxyl groups is 1. The summed E-state index contributed by atoms with van der Waals surface area (Å²) in [6.07, 6.45) is 2.01. The Kier molecular flexibility index (Phi) is 2.80. The Morgan fingerprint density at radius 3 is 2.93 bits per heavy atom. The van der Waals surface area contributed by atoms with Crippen LogP contribution in [0, 0.1) is 11.8 Å². The summed E-state index contributed by atoms with van der Waals surface area (Å²) in [5.74, 6) is 1.17. The van der Waals surface area contributed by atoms with E-state index in [1.807, 2.05) is 24.3 Å². The van der Waals surface area contributed by atoms with E-state index in [1.54, 1.807) is 0 Å². The van der Waals surface area contributed by atoms with Gasteiger partial charge in [0.05, 0.1) is 6.10 Å². The van der Waals surface area contributed by atoms with E-state index in [4.69, 9.17) is 11.6 Å². The quantitative estimate of drug-likeness (QED) is 0.811. The first-order valence-corrected chi connectivity index (χ1v) is 5.53. The molecule has 1 saturated carbocycles. The van der Waals surface area contributed by atoms with Crippen LogP contribution in [0.2, 0.25) is 5.02 Å². The number of halogens is 1. The lowest BCUT2D eigenvalue weighted by Gasteiger charge is -2.10. The lowest BCUT2D eigenvalue weighted by molar-refractivity contribution is 0.146. The van der Waals surface area contributed by atoms with Crippen LogP contribution in [0.3, 0.4) is 0 Å². The molecular formula is C12H15ClO. The van der Waals surface area contributed by atoms with Crippen LogP contribution >= 0.6 is 11.6 Å². The zero-order chi connectivity index (χ0) is 10.1. The Balaban J connectivity index is 2.08. The molecule has 14 heavy (non-hydrogen) atoms. The van der Waals surface area contributed by atoms with E-state index >= 15 is 0 Å². The molecule has 0 radical (unpaired) electrons. The molecule has 0 amide bonds. The Morgan fingerprint density at radius 1 is 1.57 bits per heavy atom. The minimum Gasteiger partial charge on any atom is -0.388 e. The summed E-state index contributed by atoms with van der Waals surface area (Å²) in [4.78, 5) is 0. The van der Waals surface area contributed by atoms with Gasteiger partial charge in [0.2, 0.25) is 0 Å². The molecule has 3 atom stereocenters. The number of rotatable bonds is 3. The van der Waals surface area contributed by atoms with Crippen molar-refractivity contribution in [3.8, 4) is 0 Å². The van der Waals surface area contributed by atoms with E-state index in [0.717, 1.165) is 12.0 Å². The van der Waals surface area contributed by atoms with Crippen molar-refractivity contribution in [2.24, 2.45) is 11.8 Å². The molecule has 0 heterocycles. The summed E-state index contributed by atoms with van der Waals surface area (Å²) in [7, 11) is 0. The molecule has 1 aromatic carbocycles. The van der Waals surface area contributed by atoms with E-state index in [1.165, 1.54) is 6.42 Å². The van der Waals surface area contributed by atoms with Crippen LogP contribution in [0.4, 0.5) is 0 Å². The normalized spacial score (nSPS) is 27.4. The Bertz CT molecular complexity index is 324. The number of hydrogen-bond acceptors (Lipinski definition) is 1. The van der Waals surface area contributed by atoms with Crippen molar-refractivity contribution in [1.82, 2.24) is 0 Å². The molecule has 1 aliphatic carbocycles. The molecule has 76 valence electrons.